The van der Waals surface area contributed by atoms with Gasteiger partial charge in [0.25, 0.3) is 5.91 Å². The number of halogens is 1. The van der Waals surface area contributed by atoms with Crippen molar-refractivity contribution in [1.29, 1.82) is 0 Å². The highest BCUT2D eigenvalue weighted by Gasteiger charge is 2.10. The molecule has 0 fully saturated rings. The van der Waals surface area contributed by atoms with Crippen molar-refractivity contribution in [2.24, 2.45) is 0 Å². The van der Waals surface area contributed by atoms with Gasteiger partial charge in [-0.25, -0.2) is 0 Å². The van der Waals surface area contributed by atoms with Crippen LogP contribution in [0.15, 0.2) is 48.5 Å². The molecule has 0 aliphatic carbocycles. The third-order valence-corrected chi connectivity index (χ3v) is 3.86. The van der Waals surface area contributed by atoms with Crippen LogP contribution in [0.4, 0.5) is 0 Å². The molecule has 2 N–H and O–H groups in total. The molecule has 27 heavy (non-hydrogen) atoms. The lowest BCUT2D eigenvalue weighted by Crippen LogP contribution is -2.39. The largest absolute Gasteiger partial charge is 0.484 e. The van der Waals surface area contributed by atoms with Crippen molar-refractivity contribution in [3.8, 4) is 5.75 Å². The summed E-state index contributed by atoms with van der Waals surface area (Å²) >= 11 is 5.82. The maximum absolute atomic E-state index is 12.4. The summed E-state index contributed by atoms with van der Waals surface area (Å²) in [5, 5.41) is 5.70. The molecule has 142 valence electrons. The van der Waals surface area contributed by atoms with E-state index < -0.39 is 5.91 Å². The maximum Gasteiger partial charge on any atom is 0.258 e. The number of rotatable bonds is 9. The number of ether oxygens (including phenoxy) is 1. The smallest absolute Gasteiger partial charge is 0.258 e. The van der Waals surface area contributed by atoms with Crippen LogP contribution >= 0.6 is 11.6 Å². The summed E-state index contributed by atoms with van der Waals surface area (Å²) in [5.74, 6) is -0.319. The van der Waals surface area contributed by atoms with Gasteiger partial charge in [0.1, 0.15) is 5.75 Å². The highest BCUT2D eigenvalue weighted by atomic mass is 35.5. The second-order valence-corrected chi connectivity index (χ2v) is 6.21. The number of hydrogen-bond donors (Lipinski definition) is 2. The Kier molecular flexibility index (Phi) is 7.82. The zero-order chi connectivity index (χ0) is 19.6. The molecule has 0 unspecified atom stereocenters. The van der Waals surface area contributed by atoms with Gasteiger partial charge in [0.2, 0.25) is 5.91 Å². The van der Waals surface area contributed by atoms with Crippen molar-refractivity contribution >= 4 is 29.2 Å². The Balaban J connectivity index is 1.81. The number of nitrogens with one attached hydrogen (secondary N) is 2. The van der Waals surface area contributed by atoms with E-state index in [9.17, 15) is 14.4 Å². The third-order valence-electron chi connectivity index (χ3n) is 3.61. The van der Waals surface area contributed by atoms with Crippen molar-refractivity contribution in [2.45, 2.75) is 13.3 Å². The summed E-state index contributed by atoms with van der Waals surface area (Å²) in [4.78, 5) is 35.5. The van der Waals surface area contributed by atoms with Gasteiger partial charge in [-0.1, -0.05) is 18.5 Å². The van der Waals surface area contributed by atoms with Crippen LogP contribution in [-0.2, 0) is 9.59 Å². The molecule has 0 heterocycles. The monoisotopic (exact) mass is 388 g/mol. The number of ketones is 1. The molecule has 7 heteroatoms. The Morgan fingerprint density at radius 2 is 1.48 bits per heavy atom. The highest BCUT2D eigenvalue weighted by Crippen LogP contribution is 2.17. The molecule has 0 bridgehead atoms. The second-order valence-electron chi connectivity index (χ2n) is 5.78. The second kappa shape index (κ2) is 10.3. The molecular formula is C20H21ClN2O4. The molecule has 0 aromatic heterocycles. The lowest BCUT2D eigenvalue weighted by molar-refractivity contribution is -0.127. The maximum atomic E-state index is 12.4. The number of carbonyl (C=O) groups excluding carboxylic acids is 3. The van der Waals surface area contributed by atoms with Gasteiger partial charge >= 0.3 is 0 Å². The van der Waals surface area contributed by atoms with E-state index in [2.05, 4.69) is 10.6 Å². The van der Waals surface area contributed by atoms with Crippen LogP contribution < -0.4 is 15.4 Å². The fraction of sp³-hybridized carbons (Fsp3) is 0.250. The molecule has 2 amide bonds. The minimum atomic E-state index is -0.400. The van der Waals surface area contributed by atoms with Crippen molar-refractivity contribution in [3.05, 3.63) is 64.7 Å². The molecule has 0 atom stereocenters. The van der Waals surface area contributed by atoms with Crippen molar-refractivity contribution in [3.63, 3.8) is 0 Å². The van der Waals surface area contributed by atoms with Gasteiger partial charge in [0.15, 0.2) is 12.4 Å². The van der Waals surface area contributed by atoms with E-state index in [0.29, 0.717) is 28.4 Å². The van der Waals surface area contributed by atoms with E-state index in [1.165, 1.54) is 0 Å². The first-order valence-corrected chi connectivity index (χ1v) is 8.94. The lowest BCUT2D eigenvalue weighted by atomic mass is 10.0. The molecular weight excluding hydrogens is 368 g/mol. The minimum Gasteiger partial charge on any atom is -0.484 e. The van der Waals surface area contributed by atoms with Gasteiger partial charge in [-0.05, 0) is 55.0 Å². The molecule has 2 aromatic carbocycles. The first-order valence-electron chi connectivity index (χ1n) is 8.56. The molecule has 2 aromatic rings. The molecule has 0 aliphatic rings. The first kappa shape index (κ1) is 20.5. The predicted octanol–water partition coefficient (Wildman–Crippen LogP) is 2.59. The average Bonchev–Trinajstić information content (AvgIpc) is 2.69. The molecule has 0 spiro atoms. The van der Waals surface area contributed by atoms with E-state index in [-0.39, 0.29) is 24.8 Å². The van der Waals surface area contributed by atoms with Crippen LogP contribution in [0.1, 0.15) is 29.3 Å². The van der Waals surface area contributed by atoms with Crippen LogP contribution in [0.3, 0.4) is 0 Å². The quantitative estimate of drug-likeness (QED) is 0.647. The summed E-state index contributed by atoms with van der Waals surface area (Å²) in [5.41, 5.74) is 1.04. The van der Waals surface area contributed by atoms with Gasteiger partial charge in [-0.15, -0.1) is 0 Å². The molecule has 0 radical (unpaired) electrons. The van der Waals surface area contributed by atoms with Crippen molar-refractivity contribution in [2.75, 3.05) is 19.7 Å². The van der Waals surface area contributed by atoms with E-state index >= 15 is 0 Å². The fourth-order valence-corrected chi connectivity index (χ4v) is 2.30. The Hall–Kier alpha value is -2.86. The SMILES string of the molecule is CCCNC(=O)CNC(=O)COc1ccc(C(=O)c2ccc(Cl)cc2)cc1. The van der Waals surface area contributed by atoms with Gasteiger partial charge in [0.05, 0.1) is 6.54 Å². The number of benzene rings is 2. The van der Waals surface area contributed by atoms with Crippen molar-refractivity contribution in [1.82, 2.24) is 10.6 Å². The number of hydrogen-bond acceptors (Lipinski definition) is 4. The minimum absolute atomic E-state index is 0.0866. The fourth-order valence-electron chi connectivity index (χ4n) is 2.18. The Morgan fingerprint density at radius 3 is 2.07 bits per heavy atom. The highest BCUT2D eigenvalue weighted by molar-refractivity contribution is 6.30. The number of amides is 2. The normalized spacial score (nSPS) is 10.1. The van der Waals surface area contributed by atoms with Gasteiger partial charge in [0, 0.05) is 22.7 Å². The molecule has 6 nitrogen and oxygen atoms in total. The number of carbonyl (C=O) groups is 3. The Labute approximate surface area is 162 Å². The Morgan fingerprint density at radius 1 is 0.889 bits per heavy atom. The van der Waals surface area contributed by atoms with Crippen LogP contribution in [0.25, 0.3) is 0 Å². The van der Waals surface area contributed by atoms with Crippen LogP contribution in [0, 0.1) is 0 Å². The van der Waals surface area contributed by atoms with E-state index in [0.717, 1.165) is 6.42 Å². The standard InChI is InChI=1S/C20H21ClN2O4/c1-2-11-22-18(24)12-23-19(25)13-27-17-9-5-15(6-10-17)20(26)14-3-7-16(21)8-4-14/h3-10H,2,11-13H2,1H3,(H,22,24)(H,23,25). The topological polar surface area (TPSA) is 84.5 Å². The molecule has 0 saturated carbocycles. The van der Waals surface area contributed by atoms with Crippen LogP contribution in [-0.4, -0.2) is 37.3 Å². The van der Waals surface area contributed by atoms with Crippen LogP contribution in [0.2, 0.25) is 5.02 Å². The summed E-state index contributed by atoms with van der Waals surface area (Å²) < 4.78 is 5.36. The predicted molar refractivity (Wildman–Crippen MR) is 103 cm³/mol. The van der Waals surface area contributed by atoms with E-state index in [1.54, 1.807) is 48.5 Å². The lowest BCUT2D eigenvalue weighted by Gasteiger charge is -2.08. The summed E-state index contributed by atoms with van der Waals surface area (Å²) in [6.07, 6.45) is 0.833. The Bertz CT molecular complexity index is 789. The summed E-state index contributed by atoms with van der Waals surface area (Å²) in [6, 6.07) is 13.1. The summed E-state index contributed by atoms with van der Waals surface area (Å²) in [7, 11) is 0. The first-order chi connectivity index (χ1) is 13.0. The zero-order valence-corrected chi connectivity index (χ0v) is 15.7. The van der Waals surface area contributed by atoms with E-state index in [1.807, 2.05) is 6.92 Å². The average molecular weight is 389 g/mol. The summed E-state index contributed by atoms with van der Waals surface area (Å²) in [6.45, 7) is 2.22. The van der Waals surface area contributed by atoms with Gasteiger partial charge < -0.3 is 15.4 Å². The van der Waals surface area contributed by atoms with Crippen LogP contribution in [0.5, 0.6) is 5.75 Å². The van der Waals surface area contributed by atoms with Crippen molar-refractivity contribution < 1.29 is 19.1 Å². The molecule has 2 rings (SSSR count). The zero-order valence-electron chi connectivity index (χ0n) is 15.0. The van der Waals surface area contributed by atoms with E-state index in [4.69, 9.17) is 16.3 Å². The molecule has 0 saturated heterocycles. The van der Waals surface area contributed by atoms with Gasteiger partial charge in [-0.3, -0.25) is 14.4 Å². The third kappa shape index (κ3) is 6.75. The van der Waals surface area contributed by atoms with Gasteiger partial charge in [-0.2, -0.15) is 0 Å². The molecule has 0 aliphatic heterocycles.